The molecule has 3 rings (SSSR count). The van der Waals surface area contributed by atoms with Crippen molar-refractivity contribution in [2.24, 2.45) is 0 Å². The lowest BCUT2D eigenvalue weighted by molar-refractivity contribution is -0.124. The first-order valence-corrected chi connectivity index (χ1v) is 8.10. The van der Waals surface area contributed by atoms with Gasteiger partial charge in [-0.25, -0.2) is 9.69 Å². The number of hydrogen-bond acceptors (Lipinski definition) is 4. The zero-order valence-electron chi connectivity index (χ0n) is 14.3. The van der Waals surface area contributed by atoms with E-state index >= 15 is 0 Å². The van der Waals surface area contributed by atoms with Crippen LogP contribution in [0.1, 0.15) is 39.2 Å². The number of anilines is 1. The van der Waals surface area contributed by atoms with Crippen LogP contribution in [0.3, 0.4) is 0 Å². The number of para-hydroxylation sites is 1. The van der Waals surface area contributed by atoms with Gasteiger partial charge in [-0.3, -0.25) is 4.79 Å². The highest BCUT2D eigenvalue weighted by Crippen LogP contribution is 2.48. The lowest BCUT2D eigenvalue weighted by Crippen LogP contribution is -2.50. The number of rotatable bonds is 0. The summed E-state index contributed by atoms with van der Waals surface area (Å²) in [6, 6.07) is 7.61. The van der Waals surface area contributed by atoms with Gasteiger partial charge in [0.25, 0.3) is 0 Å². The molecule has 0 unspecified atom stereocenters. The lowest BCUT2D eigenvalue weighted by atomic mass is 9.73. The van der Waals surface area contributed by atoms with Crippen LogP contribution in [0.4, 0.5) is 10.5 Å². The molecule has 1 aromatic carbocycles. The molecular weight excluding hydrogens is 291 g/mol. The van der Waals surface area contributed by atoms with E-state index in [0.29, 0.717) is 5.69 Å². The third kappa shape index (κ3) is 2.65. The quantitative estimate of drug-likeness (QED) is 0.686. The van der Waals surface area contributed by atoms with Crippen molar-refractivity contribution in [2.75, 3.05) is 18.0 Å². The Kier molecular flexibility index (Phi) is 3.75. The Balaban J connectivity index is 2.01. The van der Waals surface area contributed by atoms with E-state index < -0.39 is 17.1 Å². The van der Waals surface area contributed by atoms with Crippen molar-refractivity contribution in [2.45, 2.75) is 44.6 Å². The van der Waals surface area contributed by atoms with Gasteiger partial charge in [0.15, 0.2) is 7.98 Å². The van der Waals surface area contributed by atoms with E-state index in [2.05, 4.69) is 12.8 Å². The Morgan fingerprint density at radius 2 is 1.83 bits per heavy atom. The summed E-state index contributed by atoms with van der Waals surface area (Å²) >= 11 is 0. The summed E-state index contributed by atoms with van der Waals surface area (Å²) in [5, 5.41) is 0. The Bertz CT molecular complexity index is 645. The summed E-state index contributed by atoms with van der Waals surface area (Å²) in [5.74, 6) is -0.138. The van der Waals surface area contributed by atoms with Crippen LogP contribution in [-0.2, 0) is 14.9 Å². The molecule has 1 fully saturated rings. The van der Waals surface area contributed by atoms with Gasteiger partial charge < -0.3 is 9.55 Å². The number of piperidine rings is 1. The monoisotopic (exact) mass is 314 g/mol. The lowest BCUT2D eigenvalue weighted by Gasteiger charge is -2.37. The third-order valence-corrected chi connectivity index (χ3v) is 4.69. The van der Waals surface area contributed by atoms with Crippen molar-refractivity contribution < 1.29 is 14.3 Å². The summed E-state index contributed by atoms with van der Waals surface area (Å²) < 4.78 is 5.46. The van der Waals surface area contributed by atoms with Crippen LogP contribution in [-0.4, -0.2) is 43.5 Å². The summed E-state index contributed by atoms with van der Waals surface area (Å²) in [5.41, 5.74) is 0.426. The number of nitrogens with zero attached hydrogens (tertiary/aromatic N) is 2. The molecule has 0 radical (unpaired) electrons. The minimum atomic E-state index is -0.630. The number of carbonyl (C=O) groups is 2. The van der Waals surface area contributed by atoms with Gasteiger partial charge in [-0.2, -0.15) is 0 Å². The van der Waals surface area contributed by atoms with Gasteiger partial charge in [0.2, 0.25) is 5.91 Å². The summed E-state index contributed by atoms with van der Waals surface area (Å²) in [7, 11) is 2.06. The molecule has 0 aromatic heterocycles. The topological polar surface area (TPSA) is 49.9 Å². The van der Waals surface area contributed by atoms with Crippen molar-refractivity contribution in [3.63, 3.8) is 0 Å². The molecular formula is C17H23BN2O3. The number of benzene rings is 1. The van der Waals surface area contributed by atoms with Gasteiger partial charge in [0, 0.05) is 0 Å². The van der Waals surface area contributed by atoms with Crippen molar-refractivity contribution in [1.82, 2.24) is 4.81 Å². The van der Waals surface area contributed by atoms with Crippen LogP contribution in [0.2, 0.25) is 0 Å². The Morgan fingerprint density at radius 1 is 1.22 bits per heavy atom. The molecule has 6 heteroatoms. The van der Waals surface area contributed by atoms with E-state index in [-0.39, 0.29) is 5.91 Å². The van der Waals surface area contributed by atoms with E-state index in [1.807, 2.05) is 45.0 Å². The zero-order valence-corrected chi connectivity index (χ0v) is 14.3. The molecule has 1 spiro atoms. The van der Waals surface area contributed by atoms with Gasteiger partial charge in [0.05, 0.1) is 11.1 Å². The van der Waals surface area contributed by atoms with Crippen molar-refractivity contribution >= 4 is 25.7 Å². The van der Waals surface area contributed by atoms with E-state index in [4.69, 9.17) is 4.74 Å². The molecule has 0 saturated carbocycles. The van der Waals surface area contributed by atoms with Gasteiger partial charge in [-0.05, 0) is 58.3 Å². The third-order valence-electron chi connectivity index (χ3n) is 4.69. The number of imide groups is 1. The normalized spacial score (nSPS) is 20.7. The first-order valence-electron chi connectivity index (χ1n) is 8.10. The highest BCUT2D eigenvalue weighted by atomic mass is 16.6. The molecule has 0 N–H and O–H groups in total. The predicted octanol–water partition coefficient (Wildman–Crippen LogP) is 1.85. The molecule has 2 heterocycles. The molecule has 122 valence electrons. The van der Waals surface area contributed by atoms with Gasteiger partial charge in [-0.1, -0.05) is 18.2 Å². The maximum Gasteiger partial charge on any atom is 0.421 e. The number of hydrogen-bond donors (Lipinski definition) is 0. The second-order valence-electron chi connectivity index (χ2n) is 7.52. The predicted molar refractivity (Wildman–Crippen MR) is 91.2 cm³/mol. The minimum Gasteiger partial charge on any atom is -0.443 e. The van der Waals surface area contributed by atoms with Crippen molar-refractivity contribution in [3.8, 4) is 0 Å². The molecule has 2 aliphatic heterocycles. The molecule has 23 heavy (non-hydrogen) atoms. The molecule has 0 aliphatic carbocycles. The van der Waals surface area contributed by atoms with Gasteiger partial charge in [0.1, 0.15) is 5.60 Å². The second kappa shape index (κ2) is 5.37. The van der Waals surface area contributed by atoms with E-state index in [0.717, 1.165) is 31.5 Å². The maximum atomic E-state index is 13.2. The minimum absolute atomic E-state index is 0.138. The Hall–Kier alpha value is -1.82. The number of carbonyl (C=O) groups excluding carboxylic acids is 2. The van der Waals surface area contributed by atoms with Crippen LogP contribution in [0.5, 0.6) is 0 Å². The SMILES string of the molecule is BN1CCC2(CC1)C(=O)N(C(=O)OC(C)(C)C)c1ccccc12. The highest BCUT2D eigenvalue weighted by Gasteiger charge is 2.54. The van der Waals surface area contributed by atoms with Crippen molar-refractivity contribution in [1.29, 1.82) is 0 Å². The summed E-state index contributed by atoms with van der Waals surface area (Å²) in [4.78, 5) is 29.2. The molecule has 1 saturated heterocycles. The standard InChI is InChI=1S/C17H23BN2O3/c1-16(2,3)23-15(22)20-13-7-5-4-6-12(13)17(14(20)21)8-10-19(18)11-9-17/h4-7H,8-11,18H2,1-3H3. The number of amides is 2. The van der Waals surface area contributed by atoms with E-state index in [1.165, 1.54) is 4.90 Å². The summed E-state index contributed by atoms with van der Waals surface area (Å²) in [6.07, 6.45) is 0.892. The molecule has 2 amide bonds. The van der Waals surface area contributed by atoms with Crippen LogP contribution < -0.4 is 4.90 Å². The zero-order chi connectivity index (χ0) is 16.8. The Labute approximate surface area is 138 Å². The summed E-state index contributed by atoms with van der Waals surface area (Å²) in [6.45, 7) is 7.12. The van der Waals surface area contributed by atoms with Crippen LogP contribution in [0.15, 0.2) is 24.3 Å². The van der Waals surface area contributed by atoms with Gasteiger partial charge in [-0.15, -0.1) is 0 Å². The van der Waals surface area contributed by atoms with E-state index in [1.54, 1.807) is 0 Å². The molecule has 0 atom stereocenters. The average Bonchev–Trinajstić information content (AvgIpc) is 2.70. The molecule has 2 aliphatic rings. The number of fused-ring (bicyclic) bond motifs is 2. The second-order valence-corrected chi connectivity index (χ2v) is 7.52. The maximum absolute atomic E-state index is 13.2. The fourth-order valence-corrected chi connectivity index (χ4v) is 3.48. The average molecular weight is 314 g/mol. The van der Waals surface area contributed by atoms with Crippen LogP contribution in [0, 0.1) is 0 Å². The first kappa shape index (κ1) is 16.1. The van der Waals surface area contributed by atoms with Gasteiger partial charge >= 0.3 is 6.09 Å². The highest BCUT2D eigenvalue weighted by molar-refractivity contribution is 6.21. The smallest absolute Gasteiger partial charge is 0.421 e. The largest absolute Gasteiger partial charge is 0.443 e. The molecule has 5 nitrogen and oxygen atoms in total. The fourth-order valence-electron chi connectivity index (χ4n) is 3.48. The van der Waals surface area contributed by atoms with Crippen LogP contribution in [0.25, 0.3) is 0 Å². The molecule has 0 bridgehead atoms. The number of ether oxygens (including phenoxy) is 1. The fraction of sp³-hybridized carbons (Fsp3) is 0.529. The van der Waals surface area contributed by atoms with Crippen molar-refractivity contribution in [3.05, 3.63) is 29.8 Å². The molecule has 1 aromatic rings. The van der Waals surface area contributed by atoms with Crippen LogP contribution >= 0.6 is 0 Å². The first-order chi connectivity index (χ1) is 10.7. The Morgan fingerprint density at radius 3 is 2.43 bits per heavy atom. The van der Waals surface area contributed by atoms with E-state index in [9.17, 15) is 9.59 Å².